The number of nitrogens with zero attached hydrogens (tertiary/aromatic N) is 2. The molecule has 1 aromatic carbocycles. The number of nitrogens with one attached hydrogen (secondary N) is 1. The third-order valence-corrected chi connectivity index (χ3v) is 6.35. The quantitative estimate of drug-likeness (QED) is 0.392. The van der Waals surface area contributed by atoms with Crippen LogP contribution in [0.25, 0.3) is 21.8 Å². The van der Waals surface area contributed by atoms with Gasteiger partial charge < -0.3 is 0 Å². The van der Waals surface area contributed by atoms with Gasteiger partial charge in [-0.15, -0.1) is 11.3 Å². The molecule has 0 unspecified atom stereocenters. The highest BCUT2D eigenvalue weighted by molar-refractivity contribution is 7.93. The number of sulfonamides is 1. The first-order valence-corrected chi connectivity index (χ1v) is 11.4. The highest BCUT2D eigenvalue weighted by atomic mass is 35.5. The molecule has 0 radical (unpaired) electrons. The lowest BCUT2D eigenvalue weighted by Crippen LogP contribution is -2.29. The summed E-state index contributed by atoms with van der Waals surface area (Å²) < 4.78 is 98.6. The summed E-state index contributed by atoms with van der Waals surface area (Å²) in [5.74, 6) is 0. The first-order chi connectivity index (χ1) is 14.7. The molecule has 0 aliphatic carbocycles. The van der Waals surface area contributed by atoms with E-state index in [9.17, 15) is 34.8 Å². The summed E-state index contributed by atoms with van der Waals surface area (Å²) in [4.78, 5) is 8.29. The van der Waals surface area contributed by atoms with Crippen LogP contribution in [0.1, 0.15) is 12.1 Å². The molecular formula is C18H12ClF6N3O2S2. The number of aromatic nitrogens is 2. The molecule has 1 N–H and O–H groups in total. The summed E-state index contributed by atoms with van der Waals surface area (Å²) in [7, 11) is -5.59. The summed E-state index contributed by atoms with van der Waals surface area (Å²) in [5.41, 5.74) is -4.39. The molecule has 3 rings (SSSR count). The number of pyridine rings is 1. The predicted octanol–water partition coefficient (Wildman–Crippen LogP) is 6.28. The van der Waals surface area contributed by atoms with Crippen LogP contribution in [0, 0.1) is 0 Å². The SMILES string of the molecule is O=S(=O)(Nc1ccc(-c2csc(-c3ccnc(CCC(F)(F)F)c3)n2)c(Cl)c1)C(F)(F)F. The van der Waals surface area contributed by atoms with Crippen LogP contribution in [-0.2, 0) is 16.4 Å². The minimum atomic E-state index is -5.59. The Kier molecular flexibility index (Phi) is 6.72. The standard InChI is InChI=1S/C18H12ClF6N3O2S2/c19-14-8-12(28-32(29,30)18(23,24)25)1-2-13(14)15-9-31-16(27-15)10-4-6-26-11(7-10)3-5-17(20,21)22/h1-2,4,6-9,28H,3,5H2. The molecule has 172 valence electrons. The van der Waals surface area contributed by atoms with Gasteiger partial charge in [-0.1, -0.05) is 11.6 Å². The number of aryl methyl sites for hydroxylation is 1. The topological polar surface area (TPSA) is 72.0 Å². The van der Waals surface area contributed by atoms with Gasteiger partial charge in [0, 0.05) is 34.8 Å². The van der Waals surface area contributed by atoms with Gasteiger partial charge in [0.15, 0.2) is 0 Å². The number of thiazole rings is 1. The Balaban J connectivity index is 1.82. The van der Waals surface area contributed by atoms with Crippen LogP contribution in [0.5, 0.6) is 0 Å². The van der Waals surface area contributed by atoms with Crippen LogP contribution in [0.15, 0.2) is 41.9 Å². The largest absolute Gasteiger partial charge is 0.516 e. The fourth-order valence-electron chi connectivity index (χ4n) is 2.55. The molecule has 32 heavy (non-hydrogen) atoms. The van der Waals surface area contributed by atoms with Crippen molar-refractivity contribution in [3.63, 3.8) is 0 Å². The number of hydrogen-bond acceptors (Lipinski definition) is 5. The zero-order valence-corrected chi connectivity index (χ0v) is 18.0. The van der Waals surface area contributed by atoms with Gasteiger partial charge in [-0.3, -0.25) is 9.71 Å². The maximum atomic E-state index is 12.5. The number of anilines is 1. The van der Waals surface area contributed by atoms with Gasteiger partial charge in [-0.25, -0.2) is 4.98 Å². The molecule has 0 bridgehead atoms. The minimum Gasteiger partial charge on any atom is -0.276 e. The van der Waals surface area contributed by atoms with Crippen LogP contribution < -0.4 is 4.72 Å². The minimum absolute atomic E-state index is 0.0511. The Morgan fingerprint density at radius 1 is 1.06 bits per heavy atom. The second-order valence-corrected chi connectivity index (χ2v) is 9.37. The third kappa shape index (κ3) is 5.90. The number of alkyl halides is 6. The second kappa shape index (κ2) is 8.87. The van der Waals surface area contributed by atoms with E-state index < -0.39 is 28.1 Å². The molecule has 0 fully saturated rings. The normalized spacial score (nSPS) is 12.7. The number of benzene rings is 1. The van der Waals surface area contributed by atoms with Gasteiger partial charge in [0.05, 0.1) is 16.4 Å². The molecular weight excluding hydrogens is 504 g/mol. The molecule has 2 heterocycles. The monoisotopic (exact) mass is 515 g/mol. The Morgan fingerprint density at radius 3 is 2.41 bits per heavy atom. The maximum absolute atomic E-state index is 12.5. The Bertz CT molecular complexity index is 1230. The Labute approximate surface area is 187 Å². The van der Waals surface area contributed by atoms with Crippen molar-refractivity contribution in [3.8, 4) is 21.8 Å². The van der Waals surface area contributed by atoms with Gasteiger partial charge in [0.25, 0.3) is 0 Å². The number of hydrogen-bond donors (Lipinski definition) is 1. The second-order valence-electron chi connectivity index (χ2n) is 6.43. The molecule has 0 saturated carbocycles. The van der Waals surface area contributed by atoms with E-state index in [1.54, 1.807) is 11.4 Å². The smallest absolute Gasteiger partial charge is 0.276 e. The van der Waals surface area contributed by atoms with E-state index in [4.69, 9.17) is 11.6 Å². The lowest BCUT2D eigenvalue weighted by Gasteiger charge is -2.11. The van der Waals surface area contributed by atoms with Crippen molar-refractivity contribution < 1.29 is 34.8 Å². The average Bonchev–Trinajstić information content (AvgIpc) is 3.15. The fourth-order valence-corrected chi connectivity index (χ4v) is 4.19. The van der Waals surface area contributed by atoms with E-state index in [2.05, 4.69) is 9.97 Å². The van der Waals surface area contributed by atoms with Crippen molar-refractivity contribution in [2.24, 2.45) is 0 Å². The molecule has 0 aliphatic rings. The van der Waals surface area contributed by atoms with Crippen LogP contribution in [0.2, 0.25) is 5.02 Å². The third-order valence-electron chi connectivity index (χ3n) is 4.03. The summed E-state index contributed by atoms with van der Waals surface area (Å²) in [6, 6.07) is 6.49. The zero-order chi connectivity index (χ0) is 23.7. The van der Waals surface area contributed by atoms with Crippen LogP contribution >= 0.6 is 22.9 Å². The zero-order valence-electron chi connectivity index (χ0n) is 15.6. The lowest BCUT2D eigenvalue weighted by molar-refractivity contribution is -0.134. The maximum Gasteiger partial charge on any atom is 0.516 e. The van der Waals surface area contributed by atoms with Crippen molar-refractivity contribution in [2.45, 2.75) is 24.5 Å². The summed E-state index contributed by atoms with van der Waals surface area (Å²) in [6.07, 6.45) is -4.22. The Hall–Kier alpha value is -2.38. The van der Waals surface area contributed by atoms with Crippen molar-refractivity contribution >= 4 is 38.6 Å². The van der Waals surface area contributed by atoms with Crippen molar-refractivity contribution in [1.29, 1.82) is 0 Å². The van der Waals surface area contributed by atoms with E-state index in [0.717, 1.165) is 12.1 Å². The highest BCUT2D eigenvalue weighted by Crippen LogP contribution is 2.35. The summed E-state index contributed by atoms with van der Waals surface area (Å²) in [5, 5.41) is 2.02. The van der Waals surface area contributed by atoms with Gasteiger partial charge in [0.2, 0.25) is 0 Å². The molecule has 0 amide bonds. The van der Waals surface area contributed by atoms with E-state index in [0.29, 0.717) is 21.8 Å². The predicted molar refractivity (Wildman–Crippen MR) is 109 cm³/mol. The molecule has 14 heteroatoms. The van der Waals surface area contributed by atoms with Crippen molar-refractivity contribution in [1.82, 2.24) is 9.97 Å². The number of halogens is 7. The van der Waals surface area contributed by atoms with Crippen molar-refractivity contribution in [3.05, 3.63) is 52.6 Å². The van der Waals surface area contributed by atoms with Gasteiger partial charge in [0.1, 0.15) is 5.01 Å². The molecule has 5 nitrogen and oxygen atoms in total. The highest BCUT2D eigenvalue weighted by Gasteiger charge is 2.46. The molecule has 0 spiro atoms. The lowest BCUT2D eigenvalue weighted by atomic mass is 10.1. The van der Waals surface area contributed by atoms with Crippen LogP contribution in [0.3, 0.4) is 0 Å². The van der Waals surface area contributed by atoms with Gasteiger partial charge >= 0.3 is 21.7 Å². The van der Waals surface area contributed by atoms with Crippen LogP contribution in [-0.4, -0.2) is 30.1 Å². The Morgan fingerprint density at radius 2 is 1.78 bits per heavy atom. The average molecular weight is 516 g/mol. The van der Waals surface area contributed by atoms with E-state index in [1.165, 1.54) is 34.4 Å². The van der Waals surface area contributed by atoms with Crippen molar-refractivity contribution in [2.75, 3.05) is 4.72 Å². The first-order valence-electron chi connectivity index (χ1n) is 8.62. The number of rotatable bonds is 6. The summed E-state index contributed by atoms with van der Waals surface area (Å²) in [6.45, 7) is 0. The fraction of sp³-hybridized carbons (Fsp3) is 0.222. The van der Waals surface area contributed by atoms with E-state index >= 15 is 0 Å². The molecule has 2 aromatic heterocycles. The molecule has 3 aromatic rings. The molecule has 0 atom stereocenters. The first kappa shape index (κ1) is 24.3. The summed E-state index contributed by atoms with van der Waals surface area (Å²) >= 11 is 7.28. The molecule has 0 saturated heterocycles. The van der Waals surface area contributed by atoms with Gasteiger partial charge in [-0.2, -0.15) is 34.8 Å². The molecule has 0 aliphatic heterocycles. The van der Waals surface area contributed by atoms with Crippen LogP contribution in [0.4, 0.5) is 32.0 Å². The van der Waals surface area contributed by atoms with E-state index in [-0.39, 0.29) is 22.8 Å². The van der Waals surface area contributed by atoms with Gasteiger partial charge in [-0.05, 0) is 36.8 Å². The van der Waals surface area contributed by atoms with E-state index in [1.807, 2.05) is 0 Å².